The Morgan fingerprint density at radius 2 is 1.91 bits per heavy atom. The SMILES string of the molecule is Cc1nc2cccc(F)c2nc1O[C@@H]1C[C@H]2C(=O)N[C@]3(C(=O)NS(=O)(=O)C4CC4)C[C@H]3/C=C\CCCCC[C@H](NC(=O)c3cc(C4CC4)on3)C(=O)N2C1. The van der Waals surface area contributed by atoms with Gasteiger partial charge in [-0.1, -0.05) is 36.2 Å². The Kier molecular flexibility index (Phi) is 9.38. The molecule has 54 heavy (non-hydrogen) atoms. The number of fused-ring (bicyclic) bond motifs is 3. The average Bonchev–Trinajstić information content (AvgIpc) is 4.09. The molecule has 4 heterocycles. The number of nitrogens with zero attached hydrogens (tertiary/aromatic N) is 4. The van der Waals surface area contributed by atoms with Crippen LogP contribution < -0.4 is 20.1 Å². The van der Waals surface area contributed by atoms with Gasteiger partial charge >= 0.3 is 0 Å². The third-order valence-electron chi connectivity index (χ3n) is 10.9. The summed E-state index contributed by atoms with van der Waals surface area (Å²) in [6.45, 7) is 1.55. The lowest BCUT2D eigenvalue weighted by atomic mass is 10.0. The molecule has 0 bridgehead atoms. The average molecular weight is 764 g/mol. The van der Waals surface area contributed by atoms with Crippen molar-refractivity contribution >= 4 is 44.7 Å². The lowest BCUT2D eigenvalue weighted by Gasteiger charge is -2.29. The van der Waals surface area contributed by atoms with Crippen LogP contribution in [0, 0.1) is 18.7 Å². The fourth-order valence-electron chi connectivity index (χ4n) is 7.42. The Bertz CT molecular complexity index is 2150. The quantitative estimate of drug-likeness (QED) is 0.285. The maximum absolute atomic E-state index is 14.7. The number of aromatic nitrogens is 3. The van der Waals surface area contributed by atoms with Crippen LogP contribution in [-0.4, -0.2) is 87.6 Å². The zero-order valence-corrected chi connectivity index (χ0v) is 30.6. The van der Waals surface area contributed by atoms with Crippen molar-refractivity contribution in [2.45, 2.75) is 112 Å². The number of rotatable bonds is 8. The molecule has 1 aromatic carbocycles. The third kappa shape index (κ3) is 7.29. The van der Waals surface area contributed by atoms with Gasteiger partial charge in [0.15, 0.2) is 11.5 Å². The first-order chi connectivity index (χ1) is 25.9. The standard InChI is InChI=1S/C37H42FN7O8S/c1-20-34(41-31-25(38)9-7-11-26(31)39-20)52-23-16-29-33(47)42-37(36(49)44-54(50,51)24-14-15-24)18-22(37)8-5-3-2-4-6-10-27(35(48)45(29)19-23)40-32(46)28-17-30(53-43-28)21-12-13-21/h5,7-9,11,17,21-24,27,29H,2-4,6,10,12-16,18-19H2,1H3,(H,40,46)(H,42,47)(H,44,49)/b8-5-/t22-,23-,27+,29+,37-/m1/s1. The van der Waals surface area contributed by atoms with Gasteiger partial charge < -0.3 is 24.8 Å². The van der Waals surface area contributed by atoms with E-state index in [2.05, 4.69) is 30.5 Å². The van der Waals surface area contributed by atoms with Gasteiger partial charge in [0.1, 0.15) is 40.7 Å². The normalized spacial score (nSPS) is 28.2. The van der Waals surface area contributed by atoms with Crippen molar-refractivity contribution in [1.29, 1.82) is 0 Å². The Morgan fingerprint density at radius 1 is 1.09 bits per heavy atom. The van der Waals surface area contributed by atoms with E-state index in [0.717, 1.165) is 25.7 Å². The number of halogens is 1. The highest BCUT2D eigenvalue weighted by atomic mass is 32.2. The van der Waals surface area contributed by atoms with E-state index in [0.29, 0.717) is 42.7 Å². The molecule has 17 heteroatoms. The van der Waals surface area contributed by atoms with Gasteiger partial charge in [-0.05, 0) is 70.4 Å². The van der Waals surface area contributed by atoms with Gasteiger partial charge in [-0.3, -0.25) is 23.9 Å². The van der Waals surface area contributed by atoms with Crippen molar-refractivity contribution in [2.75, 3.05) is 6.54 Å². The molecule has 5 atom stereocenters. The van der Waals surface area contributed by atoms with E-state index in [4.69, 9.17) is 9.26 Å². The van der Waals surface area contributed by atoms with E-state index in [9.17, 15) is 32.0 Å². The van der Waals surface area contributed by atoms with Crippen LogP contribution >= 0.6 is 0 Å². The van der Waals surface area contributed by atoms with Gasteiger partial charge in [0, 0.05) is 24.3 Å². The van der Waals surface area contributed by atoms with Gasteiger partial charge in [0.2, 0.25) is 27.7 Å². The molecular weight excluding hydrogens is 722 g/mol. The van der Waals surface area contributed by atoms with Gasteiger partial charge in [-0.25, -0.2) is 22.8 Å². The van der Waals surface area contributed by atoms with Crippen LogP contribution in [0.3, 0.4) is 0 Å². The number of benzene rings is 1. The van der Waals surface area contributed by atoms with Crippen LogP contribution in [0.4, 0.5) is 4.39 Å². The molecule has 2 aliphatic heterocycles. The summed E-state index contributed by atoms with van der Waals surface area (Å²) in [7, 11) is -3.92. The number of para-hydroxylation sites is 1. The summed E-state index contributed by atoms with van der Waals surface area (Å²) in [5.41, 5.74) is -0.780. The number of aryl methyl sites for hydroxylation is 1. The van der Waals surface area contributed by atoms with Crippen LogP contribution in [0.1, 0.15) is 98.5 Å². The lowest BCUT2D eigenvalue weighted by Crippen LogP contribution is -2.58. The van der Waals surface area contributed by atoms with Crippen LogP contribution in [0.25, 0.3) is 11.0 Å². The monoisotopic (exact) mass is 763 g/mol. The molecule has 286 valence electrons. The molecule has 5 aliphatic rings. The highest BCUT2D eigenvalue weighted by molar-refractivity contribution is 7.91. The summed E-state index contributed by atoms with van der Waals surface area (Å²) in [5.74, 6) is -2.80. The van der Waals surface area contributed by atoms with Crippen molar-refractivity contribution in [3.05, 3.63) is 59.4 Å². The number of hydrogen-bond donors (Lipinski definition) is 3. The summed E-state index contributed by atoms with van der Waals surface area (Å²) in [4.78, 5) is 66.2. The molecule has 1 saturated heterocycles. The number of hydrogen-bond acceptors (Lipinski definition) is 11. The van der Waals surface area contributed by atoms with Crippen molar-refractivity contribution in [3.63, 3.8) is 0 Å². The lowest BCUT2D eigenvalue weighted by molar-refractivity contribution is -0.141. The predicted molar refractivity (Wildman–Crippen MR) is 190 cm³/mol. The Balaban J connectivity index is 1.09. The van der Waals surface area contributed by atoms with Crippen molar-refractivity contribution in [3.8, 4) is 5.88 Å². The first-order valence-electron chi connectivity index (χ1n) is 18.6. The van der Waals surface area contributed by atoms with Gasteiger partial charge in [0.25, 0.3) is 11.8 Å². The van der Waals surface area contributed by atoms with Crippen LogP contribution in [0.2, 0.25) is 0 Å². The molecule has 3 saturated carbocycles. The van der Waals surface area contributed by atoms with Crippen molar-refractivity contribution < 1.29 is 41.2 Å². The molecular formula is C37H42FN7O8S. The minimum Gasteiger partial charge on any atom is -0.471 e. The molecule has 8 rings (SSSR count). The summed E-state index contributed by atoms with van der Waals surface area (Å²) in [5, 5.41) is 8.95. The number of ether oxygens (including phenoxy) is 1. The number of amides is 4. The highest BCUT2D eigenvalue weighted by Crippen LogP contribution is 2.46. The number of nitrogens with one attached hydrogen (secondary N) is 3. The van der Waals surface area contributed by atoms with E-state index in [1.165, 1.54) is 17.0 Å². The Morgan fingerprint density at radius 3 is 2.69 bits per heavy atom. The molecule has 3 aromatic rings. The molecule has 3 aliphatic carbocycles. The highest BCUT2D eigenvalue weighted by Gasteiger charge is 2.62. The second-order valence-electron chi connectivity index (χ2n) is 15.1. The second-order valence-corrected chi connectivity index (χ2v) is 17.1. The molecule has 4 amide bonds. The predicted octanol–water partition coefficient (Wildman–Crippen LogP) is 3.09. The maximum atomic E-state index is 14.7. The summed E-state index contributed by atoms with van der Waals surface area (Å²) in [6.07, 6.45) is 8.94. The Hall–Kier alpha value is -4.93. The summed E-state index contributed by atoms with van der Waals surface area (Å²) in [6, 6.07) is 3.77. The van der Waals surface area contributed by atoms with Crippen LogP contribution in [0.15, 0.2) is 40.9 Å². The van der Waals surface area contributed by atoms with E-state index in [1.54, 1.807) is 19.1 Å². The van der Waals surface area contributed by atoms with Crippen LogP contribution in [0.5, 0.6) is 5.88 Å². The maximum Gasteiger partial charge on any atom is 0.274 e. The topological polar surface area (TPSA) is 203 Å². The first kappa shape index (κ1) is 36.1. The largest absolute Gasteiger partial charge is 0.471 e. The van der Waals surface area contributed by atoms with E-state index >= 15 is 0 Å². The zero-order valence-electron chi connectivity index (χ0n) is 29.8. The fourth-order valence-corrected chi connectivity index (χ4v) is 8.79. The molecule has 15 nitrogen and oxygen atoms in total. The summed E-state index contributed by atoms with van der Waals surface area (Å²) >= 11 is 0. The number of sulfonamides is 1. The second kappa shape index (κ2) is 14.0. The molecule has 0 spiro atoms. The van der Waals surface area contributed by atoms with Crippen molar-refractivity contribution in [1.82, 2.24) is 35.4 Å². The molecule has 4 fully saturated rings. The minimum atomic E-state index is -3.92. The minimum absolute atomic E-state index is 0.00201. The third-order valence-corrected chi connectivity index (χ3v) is 12.8. The fraction of sp³-hybridized carbons (Fsp3) is 0.541. The van der Waals surface area contributed by atoms with Crippen molar-refractivity contribution in [2.24, 2.45) is 5.92 Å². The number of carbonyl (C=O) groups is 4. The summed E-state index contributed by atoms with van der Waals surface area (Å²) < 4.78 is 54.1. The van der Waals surface area contributed by atoms with E-state index < -0.39 is 74.4 Å². The number of carbonyl (C=O) groups excluding carboxylic acids is 4. The smallest absolute Gasteiger partial charge is 0.274 e. The molecule has 3 N–H and O–H groups in total. The van der Waals surface area contributed by atoms with Gasteiger partial charge in [0.05, 0.1) is 17.3 Å². The molecule has 0 unspecified atom stereocenters. The molecule has 0 radical (unpaired) electrons. The Labute approximate surface area is 310 Å². The first-order valence-corrected chi connectivity index (χ1v) is 20.2. The number of allylic oxidation sites excluding steroid dienone is 1. The van der Waals surface area contributed by atoms with Gasteiger partial charge in [-0.15, -0.1) is 0 Å². The van der Waals surface area contributed by atoms with Crippen LogP contribution in [-0.2, 0) is 24.4 Å². The zero-order chi connectivity index (χ0) is 37.8. The van der Waals surface area contributed by atoms with E-state index in [-0.39, 0.29) is 48.8 Å². The van der Waals surface area contributed by atoms with E-state index in [1.807, 2.05) is 12.2 Å². The molecule has 2 aromatic heterocycles. The van der Waals surface area contributed by atoms with Gasteiger partial charge in [-0.2, -0.15) is 0 Å².